The van der Waals surface area contributed by atoms with Crippen molar-refractivity contribution in [3.8, 4) is 0 Å². The van der Waals surface area contributed by atoms with E-state index in [1.807, 2.05) is 6.07 Å². The number of nitrogens with zero attached hydrogens (tertiary/aromatic N) is 3. The van der Waals surface area contributed by atoms with Crippen LogP contribution in [0.1, 0.15) is 48.7 Å². The number of aromatic nitrogens is 4. The molecule has 0 aromatic carbocycles. The lowest BCUT2D eigenvalue weighted by atomic mass is 9.80. The van der Waals surface area contributed by atoms with E-state index in [1.165, 1.54) is 37.1 Å². The second-order valence-electron chi connectivity index (χ2n) is 5.78. The van der Waals surface area contributed by atoms with Crippen LogP contribution in [0.4, 0.5) is 0 Å². The molecule has 0 bridgehead atoms. The fourth-order valence-electron chi connectivity index (χ4n) is 3.27. The Morgan fingerprint density at radius 1 is 1.42 bits per heavy atom. The van der Waals surface area contributed by atoms with E-state index in [0.717, 1.165) is 12.2 Å². The molecule has 2 atom stereocenters. The molecule has 1 saturated carbocycles. The summed E-state index contributed by atoms with van der Waals surface area (Å²) in [6, 6.07) is 4.15. The van der Waals surface area contributed by atoms with E-state index >= 15 is 0 Å². The SMILES string of the molecule is Cc1cc(C)n(CC2CCCC(c3c[c][nH]n3)C2)n1. The van der Waals surface area contributed by atoms with Gasteiger partial charge in [-0.15, -0.1) is 0 Å². The second kappa shape index (κ2) is 5.19. The van der Waals surface area contributed by atoms with Crippen molar-refractivity contribution in [2.75, 3.05) is 0 Å². The molecule has 2 unspecified atom stereocenters. The van der Waals surface area contributed by atoms with Gasteiger partial charge in [-0.3, -0.25) is 9.78 Å². The van der Waals surface area contributed by atoms with Gasteiger partial charge in [-0.1, -0.05) is 6.42 Å². The van der Waals surface area contributed by atoms with Gasteiger partial charge in [0, 0.05) is 18.2 Å². The maximum atomic E-state index is 4.58. The minimum atomic E-state index is 0.596. The minimum absolute atomic E-state index is 0.596. The Bertz CT molecular complexity index is 526. The molecule has 2 heterocycles. The fraction of sp³-hybridized carbons (Fsp3) is 0.600. The van der Waals surface area contributed by atoms with Crippen LogP contribution >= 0.6 is 0 Å². The Hall–Kier alpha value is -1.58. The number of hydrogen-bond acceptors (Lipinski definition) is 2. The number of H-pyrrole nitrogens is 1. The van der Waals surface area contributed by atoms with Crippen LogP contribution in [-0.4, -0.2) is 20.0 Å². The van der Waals surface area contributed by atoms with Crippen molar-refractivity contribution in [3.05, 3.63) is 35.4 Å². The van der Waals surface area contributed by atoms with Crippen molar-refractivity contribution in [1.82, 2.24) is 20.0 Å². The van der Waals surface area contributed by atoms with E-state index in [9.17, 15) is 0 Å². The molecular formula is C15H21N4. The number of aromatic amines is 1. The molecular weight excluding hydrogens is 236 g/mol. The summed E-state index contributed by atoms with van der Waals surface area (Å²) in [5.41, 5.74) is 3.57. The van der Waals surface area contributed by atoms with Crippen LogP contribution < -0.4 is 0 Å². The Balaban J connectivity index is 1.67. The van der Waals surface area contributed by atoms with E-state index < -0.39 is 0 Å². The predicted molar refractivity (Wildman–Crippen MR) is 73.8 cm³/mol. The van der Waals surface area contributed by atoms with Crippen molar-refractivity contribution in [2.24, 2.45) is 5.92 Å². The average molecular weight is 257 g/mol. The van der Waals surface area contributed by atoms with Gasteiger partial charge in [-0.2, -0.15) is 10.2 Å². The summed E-state index contributed by atoms with van der Waals surface area (Å²) in [6.45, 7) is 5.25. The molecule has 4 heteroatoms. The van der Waals surface area contributed by atoms with Crippen LogP contribution in [0.2, 0.25) is 0 Å². The molecule has 2 aromatic rings. The summed E-state index contributed by atoms with van der Waals surface area (Å²) in [4.78, 5) is 0. The van der Waals surface area contributed by atoms with E-state index in [2.05, 4.69) is 46.1 Å². The Labute approximate surface area is 114 Å². The first-order chi connectivity index (χ1) is 9.22. The summed E-state index contributed by atoms with van der Waals surface area (Å²) in [5.74, 6) is 1.31. The van der Waals surface area contributed by atoms with E-state index in [0.29, 0.717) is 11.8 Å². The first kappa shape index (κ1) is 12.5. The van der Waals surface area contributed by atoms with Crippen LogP contribution in [0.5, 0.6) is 0 Å². The molecule has 0 saturated heterocycles. The number of aryl methyl sites for hydroxylation is 2. The fourth-order valence-corrected chi connectivity index (χ4v) is 3.27. The minimum Gasteiger partial charge on any atom is -0.276 e. The van der Waals surface area contributed by atoms with Gasteiger partial charge in [-0.25, -0.2) is 0 Å². The number of hydrogen-bond donors (Lipinski definition) is 1. The van der Waals surface area contributed by atoms with E-state index in [4.69, 9.17) is 0 Å². The average Bonchev–Trinajstić information content (AvgIpc) is 3.01. The first-order valence-electron chi connectivity index (χ1n) is 7.15. The Morgan fingerprint density at radius 3 is 3.00 bits per heavy atom. The molecule has 101 valence electrons. The quantitative estimate of drug-likeness (QED) is 0.918. The summed E-state index contributed by atoms with van der Waals surface area (Å²) < 4.78 is 2.17. The largest absolute Gasteiger partial charge is 0.276 e. The molecule has 1 N–H and O–H groups in total. The molecule has 4 nitrogen and oxygen atoms in total. The third-order valence-electron chi connectivity index (χ3n) is 4.21. The standard InChI is InChI=1S/C15H21N4/c1-11-8-12(2)19(18-11)10-13-4-3-5-14(9-13)15-6-7-16-17-15/h6,8,13-14H,3-5,9-10H2,1-2H3,(H,16,17). The molecule has 1 fully saturated rings. The van der Waals surface area contributed by atoms with Gasteiger partial charge in [0.1, 0.15) is 0 Å². The van der Waals surface area contributed by atoms with Crippen LogP contribution in [0.25, 0.3) is 0 Å². The monoisotopic (exact) mass is 257 g/mol. The summed E-state index contributed by atoms with van der Waals surface area (Å²) in [7, 11) is 0. The zero-order valence-electron chi connectivity index (χ0n) is 11.7. The highest BCUT2D eigenvalue weighted by Crippen LogP contribution is 2.35. The maximum Gasteiger partial charge on any atom is 0.0831 e. The molecule has 19 heavy (non-hydrogen) atoms. The molecule has 2 aromatic heterocycles. The van der Waals surface area contributed by atoms with Gasteiger partial charge < -0.3 is 0 Å². The molecule has 1 aliphatic carbocycles. The molecule has 1 aliphatic rings. The van der Waals surface area contributed by atoms with Crippen molar-refractivity contribution in [3.63, 3.8) is 0 Å². The predicted octanol–water partition coefficient (Wildman–Crippen LogP) is 3.00. The van der Waals surface area contributed by atoms with Crippen molar-refractivity contribution >= 4 is 0 Å². The summed E-state index contributed by atoms with van der Waals surface area (Å²) in [5, 5.41) is 11.7. The second-order valence-corrected chi connectivity index (χ2v) is 5.78. The van der Waals surface area contributed by atoms with Crippen molar-refractivity contribution in [1.29, 1.82) is 0 Å². The van der Waals surface area contributed by atoms with Gasteiger partial charge in [-0.05, 0) is 51.2 Å². The van der Waals surface area contributed by atoms with Gasteiger partial charge in [0.25, 0.3) is 0 Å². The summed E-state index contributed by atoms with van der Waals surface area (Å²) >= 11 is 0. The lowest BCUT2D eigenvalue weighted by Crippen LogP contribution is -2.20. The smallest absolute Gasteiger partial charge is 0.0831 e. The van der Waals surface area contributed by atoms with Crippen LogP contribution in [0, 0.1) is 26.0 Å². The molecule has 0 spiro atoms. The number of rotatable bonds is 3. The van der Waals surface area contributed by atoms with E-state index in [-0.39, 0.29) is 0 Å². The van der Waals surface area contributed by atoms with Crippen molar-refractivity contribution in [2.45, 2.75) is 52.0 Å². The molecule has 0 amide bonds. The van der Waals surface area contributed by atoms with Gasteiger partial charge >= 0.3 is 0 Å². The molecule has 3 rings (SSSR count). The highest BCUT2D eigenvalue weighted by atomic mass is 15.3. The lowest BCUT2D eigenvalue weighted by Gasteiger charge is -2.28. The normalized spacial score (nSPS) is 23.7. The van der Waals surface area contributed by atoms with Crippen LogP contribution in [-0.2, 0) is 6.54 Å². The zero-order valence-corrected chi connectivity index (χ0v) is 11.7. The van der Waals surface area contributed by atoms with Gasteiger partial charge in [0.15, 0.2) is 0 Å². The third-order valence-corrected chi connectivity index (χ3v) is 4.21. The number of nitrogens with one attached hydrogen (secondary N) is 1. The highest BCUT2D eigenvalue weighted by molar-refractivity contribution is 5.08. The highest BCUT2D eigenvalue weighted by Gasteiger charge is 2.25. The van der Waals surface area contributed by atoms with Gasteiger partial charge in [0.2, 0.25) is 0 Å². The van der Waals surface area contributed by atoms with Crippen LogP contribution in [0.15, 0.2) is 12.1 Å². The molecule has 1 radical (unpaired) electrons. The van der Waals surface area contributed by atoms with E-state index in [1.54, 1.807) is 0 Å². The Morgan fingerprint density at radius 2 is 2.32 bits per heavy atom. The summed E-state index contributed by atoms with van der Waals surface area (Å²) in [6.07, 6.45) is 8.03. The Kier molecular flexibility index (Phi) is 3.40. The lowest BCUT2D eigenvalue weighted by molar-refractivity contribution is 0.276. The van der Waals surface area contributed by atoms with Crippen molar-refractivity contribution < 1.29 is 0 Å². The molecule has 0 aliphatic heterocycles. The van der Waals surface area contributed by atoms with Crippen LogP contribution in [0.3, 0.4) is 0 Å². The zero-order chi connectivity index (χ0) is 13.2. The third kappa shape index (κ3) is 2.72. The topological polar surface area (TPSA) is 46.5 Å². The maximum absolute atomic E-state index is 4.58. The van der Waals surface area contributed by atoms with Gasteiger partial charge in [0.05, 0.1) is 17.6 Å². The first-order valence-corrected chi connectivity index (χ1v) is 7.15.